The molecule has 3 heterocycles. The van der Waals surface area contributed by atoms with Crippen LogP contribution in [0.2, 0.25) is 0 Å². The van der Waals surface area contributed by atoms with Crippen LogP contribution in [-0.4, -0.2) is 53.5 Å². The average molecular weight is 496 g/mol. The standard InChI is InChI=1S/C32H37N3O2/c1-3-33(4-2)32(36)24-14-17-29-31(20-24)37-30-13-9-8-12-28(30)35(29)27-21-25-15-16-26(22-27)34(25)19-18-23-10-6-5-7-11-23/h5-14,17,20,25-27H,3-4,15-16,18-19,21-22H2,1-2H3. The number of hydrogen-bond donors (Lipinski definition) is 0. The Morgan fingerprint density at radius 1 is 0.838 bits per heavy atom. The van der Waals surface area contributed by atoms with Gasteiger partial charge in [0.25, 0.3) is 5.91 Å². The molecule has 2 fully saturated rings. The summed E-state index contributed by atoms with van der Waals surface area (Å²) in [5, 5.41) is 0. The van der Waals surface area contributed by atoms with Crippen molar-refractivity contribution in [3.8, 4) is 11.5 Å². The van der Waals surface area contributed by atoms with E-state index in [1.54, 1.807) is 0 Å². The largest absolute Gasteiger partial charge is 0.453 e. The smallest absolute Gasteiger partial charge is 0.253 e. The number of benzene rings is 3. The number of ether oxygens (including phenoxy) is 1. The molecule has 5 heteroatoms. The van der Waals surface area contributed by atoms with Crippen LogP contribution >= 0.6 is 0 Å². The number of nitrogens with zero attached hydrogens (tertiary/aromatic N) is 3. The number of rotatable bonds is 7. The summed E-state index contributed by atoms with van der Waals surface area (Å²) in [5.41, 5.74) is 4.34. The monoisotopic (exact) mass is 495 g/mol. The minimum Gasteiger partial charge on any atom is -0.453 e. The van der Waals surface area contributed by atoms with E-state index < -0.39 is 0 Å². The van der Waals surface area contributed by atoms with Gasteiger partial charge in [0.1, 0.15) is 0 Å². The minimum absolute atomic E-state index is 0.0616. The molecule has 0 radical (unpaired) electrons. The van der Waals surface area contributed by atoms with Gasteiger partial charge in [0.15, 0.2) is 11.5 Å². The third-order valence-electron chi connectivity index (χ3n) is 8.59. The summed E-state index contributed by atoms with van der Waals surface area (Å²) >= 11 is 0. The molecule has 1 amide bonds. The van der Waals surface area contributed by atoms with Crippen molar-refractivity contribution in [2.24, 2.45) is 0 Å². The summed E-state index contributed by atoms with van der Waals surface area (Å²) in [6, 6.07) is 26.9. The molecule has 0 spiro atoms. The second-order valence-electron chi connectivity index (χ2n) is 10.6. The Labute approximate surface area is 220 Å². The van der Waals surface area contributed by atoms with E-state index in [1.807, 2.05) is 43.0 Å². The van der Waals surface area contributed by atoms with Crippen LogP contribution in [0.15, 0.2) is 72.8 Å². The van der Waals surface area contributed by atoms with Crippen molar-refractivity contribution in [1.82, 2.24) is 9.80 Å². The van der Waals surface area contributed by atoms with E-state index in [0.717, 1.165) is 48.7 Å². The van der Waals surface area contributed by atoms with Crippen LogP contribution in [0.4, 0.5) is 11.4 Å². The van der Waals surface area contributed by atoms with Gasteiger partial charge in [0.2, 0.25) is 0 Å². The summed E-state index contributed by atoms with van der Waals surface area (Å²) < 4.78 is 6.39. The lowest BCUT2D eigenvalue weighted by molar-refractivity contribution is 0.0772. The van der Waals surface area contributed by atoms with Crippen molar-refractivity contribution in [1.29, 1.82) is 0 Å². The molecule has 5 nitrogen and oxygen atoms in total. The number of anilines is 2. The van der Waals surface area contributed by atoms with E-state index >= 15 is 0 Å². The maximum atomic E-state index is 13.1. The lowest BCUT2D eigenvalue weighted by Crippen LogP contribution is -2.50. The maximum Gasteiger partial charge on any atom is 0.253 e. The summed E-state index contributed by atoms with van der Waals surface area (Å²) in [6.07, 6.45) is 5.99. The van der Waals surface area contributed by atoms with E-state index in [1.165, 1.54) is 18.4 Å². The fourth-order valence-electron chi connectivity index (χ4n) is 6.73. The molecule has 2 atom stereocenters. The normalized spacial score (nSPS) is 22.2. The van der Waals surface area contributed by atoms with Gasteiger partial charge >= 0.3 is 0 Å². The Morgan fingerprint density at radius 3 is 2.24 bits per heavy atom. The van der Waals surface area contributed by atoms with E-state index in [9.17, 15) is 4.79 Å². The molecule has 0 aromatic heterocycles. The molecule has 0 aliphatic carbocycles. The summed E-state index contributed by atoms with van der Waals surface area (Å²) in [4.78, 5) is 20.2. The second kappa shape index (κ2) is 10.2. The van der Waals surface area contributed by atoms with E-state index in [-0.39, 0.29) is 5.91 Å². The Bertz CT molecular complexity index is 1240. The zero-order valence-electron chi connectivity index (χ0n) is 22.0. The SMILES string of the molecule is CCN(CC)C(=O)c1ccc2c(c1)Oc1ccccc1N2C1CC2CCC(C1)N2CCc1ccccc1. The highest BCUT2D eigenvalue weighted by Crippen LogP contribution is 2.51. The summed E-state index contributed by atoms with van der Waals surface area (Å²) in [6.45, 7) is 6.59. The van der Waals surface area contributed by atoms with E-state index in [0.29, 0.717) is 36.8 Å². The molecule has 37 heavy (non-hydrogen) atoms. The molecule has 192 valence electrons. The van der Waals surface area contributed by atoms with Crippen molar-refractivity contribution in [3.05, 3.63) is 83.9 Å². The molecule has 2 unspecified atom stereocenters. The zero-order valence-corrected chi connectivity index (χ0v) is 22.0. The number of carbonyl (C=O) groups excluding carboxylic acids is 1. The van der Waals surface area contributed by atoms with Gasteiger partial charge in [-0.15, -0.1) is 0 Å². The van der Waals surface area contributed by atoms with Crippen LogP contribution in [0.25, 0.3) is 0 Å². The van der Waals surface area contributed by atoms with Gasteiger partial charge in [-0.05, 0) is 81.8 Å². The van der Waals surface area contributed by atoms with Crippen LogP contribution in [-0.2, 0) is 6.42 Å². The predicted octanol–water partition coefficient (Wildman–Crippen LogP) is 6.65. The number of hydrogen-bond acceptors (Lipinski definition) is 4. The van der Waals surface area contributed by atoms with Crippen LogP contribution in [0, 0.1) is 0 Å². The Balaban J connectivity index is 1.26. The number of piperidine rings is 1. The highest BCUT2D eigenvalue weighted by Gasteiger charge is 2.44. The molecule has 6 rings (SSSR count). The lowest BCUT2D eigenvalue weighted by atomic mass is 9.93. The van der Waals surface area contributed by atoms with Crippen molar-refractivity contribution in [2.75, 3.05) is 24.5 Å². The van der Waals surface area contributed by atoms with Crippen molar-refractivity contribution >= 4 is 17.3 Å². The zero-order chi connectivity index (χ0) is 25.4. The molecule has 0 N–H and O–H groups in total. The number of para-hydroxylation sites is 2. The Hall–Kier alpha value is -3.31. The van der Waals surface area contributed by atoms with Crippen molar-refractivity contribution in [3.63, 3.8) is 0 Å². The van der Waals surface area contributed by atoms with Gasteiger partial charge < -0.3 is 14.5 Å². The predicted molar refractivity (Wildman–Crippen MR) is 149 cm³/mol. The molecule has 0 saturated carbocycles. The molecule has 2 bridgehead atoms. The first-order valence-electron chi connectivity index (χ1n) is 13.9. The van der Waals surface area contributed by atoms with Gasteiger partial charge in [0.05, 0.1) is 11.4 Å². The van der Waals surface area contributed by atoms with Crippen LogP contribution in [0.1, 0.15) is 55.5 Å². The highest BCUT2D eigenvalue weighted by atomic mass is 16.5. The molecule has 2 saturated heterocycles. The average Bonchev–Trinajstić information content (AvgIpc) is 3.17. The molecule has 3 aromatic carbocycles. The van der Waals surface area contributed by atoms with Gasteiger partial charge in [-0.1, -0.05) is 42.5 Å². The topological polar surface area (TPSA) is 36.0 Å². The van der Waals surface area contributed by atoms with Crippen molar-refractivity contribution < 1.29 is 9.53 Å². The van der Waals surface area contributed by atoms with Crippen LogP contribution in [0.3, 0.4) is 0 Å². The number of fused-ring (bicyclic) bond motifs is 4. The third kappa shape index (κ3) is 4.50. The van der Waals surface area contributed by atoms with Gasteiger partial charge in [0, 0.05) is 43.3 Å². The highest BCUT2D eigenvalue weighted by molar-refractivity contribution is 5.96. The van der Waals surface area contributed by atoms with Gasteiger partial charge in [-0.2, -0.15) is 0 Å². The summed E-state index contributed by atoms with van der Waals surface area (Å²) in [5.74, 6) is 1.73. The maximum absolute atomic E-state index is 13.1. The molecule has 3 aliphatic rings. The quantitative estimate of drug-likeness (QED) is 0.368. The van der Waals surface area contributed by atoms with E-state index in [2.05, 4.69) is 58.3 Å². The van der Waals surface area contributed by atoms with Gasteiger partial charge in [-0.25, -0.2) is 0 Å². The molecule has 3 aliphatic heterocycles. The Morgan fingerprint density at radius 2 is 1.51 bits per heavy atom. The number of carbonyl (C=O) groups is 1. The van der Waals surface area contributed by atoms with E-state index in [4.69, 9.17) is 4.74 Å². The molecule has 3 aromatic rings. The second-order valence-corrected chi connectivity index (χ2v) is 10.6. The van der Waals surface area contributed by atoms with Crippen LogP contribution in [0.5, 0.6) is 11.5 Å². The van der Waals surface area contributed by atoms with Gasteiger partial charge in [-0.3, -0.25) is 9.69 Å². The molecular formula is C32H37N3O2. The first-order valence-corrected chi connectivity index (χ1v) is 13.9. The Kier molecular flexibility index (Phi) is 6.64. The first-order chi connectivity index (χ1) is 18.2. The fraction of sp³-hybridized carbons (Fsp3) is 0.406. The van der Waals surface area contributed by atoms with Crippen molar-refractivity contribution in [2.45, 2.75) is 64.1 Å². The number of amides is 1. The summed E-state index contributed by atoms with van der Waals surface area (Å²) in [7, 11) is 0. The lowest BCUT2D eigenvalue weighted by Gasteiger charge is -2.46. The third-order valence-corrected chi connectivity index (χ3v) is 8.59. The fourth-order valence-corrected chi connectivity index (χ4v) is 6.73. The minimum atomic E-state index is 0.0616. The molecular weight excluding hydrogens is 458 g/mol. The first kappa shape index (κ1) is 24.1. The van der Waals surface area contributed by atoms with Crippen LogP contribution < -0.4 is 9.64 Å².